The first-order valence-corrected chi connectivity index (χ1v) is 11.4. The molecule has 178 valence electrons. The fraction of sp³-hybridized carbons (Fsp3) is 0.320. The number of anilines is 2. The normalized spacial score (nSPS) is 21.4. The summed E-state index contributed by atoms with van der Waals surface area (Å²) in [5.74, 6) is 0.168. The average molecular weight is 473 g/mol. The molecule has 0 bridgehead atoms. The molecule has 0 radical (unpaired) electrons. The summed E-state index contributed by atoms with van der Waals surface area (Å²) < 4.78 is 5.32. The lowest BCUT2D eigenvalue weighted by atomic mass is 9.83. The van der Waals surface area contributed by atoms with Crippen LogP contribution < -0.4 is 20.7 Å². The predicted octanol–water partition coefficient (Wildman–Crippen LogP) is 2.09. The number of nitrogens with one attached hydrogen (secondary N) is 3. The van der Waals surface area contributed by atoms with Crippen molar-refractivity contribution in [2.24, 2.45) is 5.92 Å². The minimum absolute atomic E-state index is 0.0206. The molecule has 1 aliphatic carbocycles. The quantitative estimate of drug-likeness (QED) is 0.441. The number of hydrogen-bond acceptors (Lipinski definition) is 8. The lowest BCUT2D eigenvalue weighted by Gasteiger charge is -2.33. The number of amides is 2. The van der Waals surface area contributed by atoms with E-state index in [1.165, 1.54) is 0 Å². The fourth-order valence-electron chi connectivity index (χ4n) is 4.51. The van der Waals surface area contributed by atoms with E-state index in [0.29, 0.717) is 54.3 Å². The second kappa shape index (κ2) is 9.66. The number of nitriles is 1. The van der Waals surface area contributed by atoms with Gasteiger partial charge in [0, 0.05) is 23.9 Å². The van der Waals surface area contributed by atoms with E-state index in [1.54, 1.807) is 24.3 Å². The molecular weight excluding hydrogens is 448 g/mol. The molecule has 1 aromatic carbocycles. The second-order valence-corrected chi connectivity index (χ2v) is 8.73. The number of hydrogen-bond donors (Lipinski definition) is 4. The van der Waals surface area contributed by atoms with Crippen LogP contribution in [0.2, 0.25) is 0 Å². The number of carbonyl (C=O) groups excluding carboxylic acids is 2. The molecule has 1 saturated carbocycles. The predicted molar refractivity (Wildman–Crippen MR) is 127 cm³/mol. The van der Waals surface area contributed by atoms with Gasteiger partial charge in [0.25, 0.3) is 5.91 Å². The molecule has 2 amide bonds. The molecule has 0 spiro atoms. The van der Waals surface area contributed by atoms with E-state index in [1.807, 2.05) is 24.3 Å². The van der Waals surface area contributed by atoms with Gasteiger partial charge in [-0.2, -0.15) is 5.26 Å². The Labute approximate surface area is 201 Å². The first-order chi connectivity index (χ1) is 17.0. The highest BCUT2D eigenvalue weighted by atomic mass is 16.5. The lowest BCUT2D eigenvalue weighted by molar-refractivity contribution is -0.122. The van der Waals surface area contributed by atoms with Gasteiger partial charge in [0.15, 0.2) is 18.2 Å². The lowest BCUT2D eigenvalue weighted by Crippen LogP contribution is -2.46. The Morgan fingerprint density at radius 2 is 2.09 bits per heavy atom. The van der Waals surface area contributed by atoms with Gasteiger partial charge in [-0.15, -0.1) is 0 Å². The average Bonchev–Trinajstić information content (AvgIpc) is 2.87. The van der Waals surface area contributed by atoms with Crippen LogP contribution in [0.25, 0.3) is 10.9 Å². The van der Waals surface area contributed by atoms with Crippen molar-refractivity contribution in [1.82, 2.24) is 15.3 Å². The van der Waals surface area contributed by atoms with E-state index in [0.717, 1.165) is 5.39 Å². The number of pyridine rings is 2. The van der Waals surface area contributed by atoms with Crippen LogP contribution in [-0.2, 0) is 16.1 Å². The van der Waals surface area contributed by atoms with Crippen molar-refractivity contribution in [2.75, 3.05) is 17.2 Å². The van der Waals surface area contributed by atoms with E-state index in [9.17, 15) is 14.7 Å². The third-order valence-corrected chi connectivity index (χ3v) is 6.36. The molecule has 1 aliphatic heterocycles. The topological polar surface area (TPSA) is 149 Å². The molecule has 10 heteroatoms. The summed E-state index contributed by atoms with van der Waals surface area (Å²) in [6, 6.07) is 14.3. The van der Waals surface area contributed by atoms with Crippen molar-refractivity contribution in [2.45, 2.75) is 38.0 Å². The van der Waals surface area contributed by atoms with Gasteiger partial charge in [-0.05, 0) is 49.6 Å². The molecule has 3 atom stereocenters. The van der Waals surface area contributed by atoms with Crippen LogP contribution in [0.1, 0.15) is 30.7 Å². The van der Waals surface area contributed by atoms with Gasteiger partial charge in [0.1, 0.15) is 11.8 Å². The zero-order valence-corrected chi connectivity index (χ0v) is 18.8. The highest BCUT2D eigenvalue weighted by Gasteiger charge is 2.33. The molecule has 4 N–H and O–H groups in total. The third-order valence-electron chi connectivity index (χ3n) is 6.36. The van der Waals surface area contributed by atoms with Gasteiger partial charge < -0.3 is 25.8 Å². The molecule has 35 heavy (non-hydrogen) atoms. The van der Waals surface area contributed by atoms with E-state index in [4.69, 9.17) is 10.00 Å². The summed E-state index contributed by atoms with van der Waals surface area (Å²) in [4.78, 5) is 33.2. The minimum Gasteiger partial charge on any atom is -0.480 e. The molecule has 10 nitrogen and oxygen atoms in total. The van der Waals surface area contributed by atoms with Crippen LogP contribution in [0, 0.1) is 17.2 Å². The number of ether oxygens (including phenoxy) is 1. The SMILES string of the molecule is N#Cc1ccc2cccc(NC(=O)[C@H]3CC[C@H](NCc4ccc5c(n4)NC(=O)CO5)[C@H](O)C3)c2n1. The first kappa shape index (κ1) is 22.7. The Morgan fingerprint density at radius 1 is 1.20 bits per heavy atom. The number of carbonyl (C=O) groups is 2. The van der Waals surface area contributed by atoms with Gasteiger partial charge >= 0.3 is 0 Å². The highest BCUT2D eigenvalue weighted by molar-refractivity contribution is 6.01. The Kier molecular flexibility index (Phi) is 6.27. The van der Waals surface area contributed by atoms with Crippen LogP contribution in [0.3, 0.4) is 0 Å². The van der Waals surface area contributed by atoms with E-state index in [-0.39, 0.29) is 36.1 Å². The van der Waals surface area contributed by atoms with Gasteiger partial charge in [-0.1, -0.05) is 12.1 Å². The Balaban J connectivity index is 1.18. The molecule has 2 aromatic heterocycles. The Bertz CT molecular complexity index is 1340. The summed E-state index contributed by atoms with van der Waals surface area (Å²) in [5.41, 5.74) is 2.11. The number of aliphatic hydroxyl groups is 1. The van der Waals surface area contributed by atoms with Gasteiger partial charge in [-0.3, -0.25) is 9.59 Å². The Morgan fingerprint density at radius 3 is 2.91 bits per heavy atom. The number of para-hydroxylation sites is 1. The van der Waals surface area contributed by atoms with Crippen molar-refractivity contribution in [1.29, 1.82) is 5.26 Å². The largest absolute Gasteiger partial charge is 0.480 e. The van der Waals surface area contributed by atoms with Crippen LogP contribution in [-0.4, -0.2) is 45.6 Å². The molecule has 0 saturated heterocycles. The summed E-state index contributed by atoms with van der Waals surface area (Å²) >= 11 is 0. The van der Waals surface area contributed by atoms with Crippen LogP contribution in [0.4, 0.5) is 11.5 Å². The van der Waals surface area contributed by atoms with Gasteiger partial charge in [0.05, 0.1) is 23.0 Å². The maximum Gasteiger partial charge on any atom is 0.263 e. The molecule has 3 aromatic rings. The second-order valence-electron chi connectivity index (χ2n) is 8.73. The summed E-state index contributed by atoms with van der Waals surface area (Å²) in [7, 11) is 0. The zero-order valence-electron chi connectivity index (χ0n) is 18.8. The van der Waals surface area contributed by atoms with Crippen LogP contribution in [0.15, 0.2) is 42.5 Å². The van der Waals surface area contributed by atoms with E-state index >= 15 is 0 Å². The van der Waals surface area contributed by atoms with Crippen LogP contribution >= 0.6 is 0 Å². The van der Waals surface area contributed by atoms with Crippen molar-refractivity contribution in [3.05, 3.63) is 53.9 Å². The molecule has 3 heterocycles. The molecule has 5 rings (SSSR count). The number of nitrogens with zero attached hydrogens (tertiary/aromatic N) is 3. The number of aromatic nitrogens is 2. The number of aliphatic hydroxyl groups excluding tert-OH is 1. The molecule has 2 aliphatic rings. The number of benzene rings is 1. The summed E-state index contributed by atoms with van der Waals surface area (Å²) in [5, 5.41) is 29.6. The van der Waals surface area contributed by atoms with Crippen molar-refractivity contribution < 1.29 is 19.4 Å². The molecule has 1 fully saturated rings. The van der Waals surface area contributed by atoms with E-state index < -0.39 is 6.10 Å². The summed E-state index contributed by atoms with van der Waals surface area (Å²) in [6.07, 6.45) is 0.864. The van der Waals surface area contributed by atoms with Crippen molar-refractivity contribution in [3.63, 3.8) is 0 Å². The maximum absolute atomic E-state index is 13.0. The zero-order chi connectivity index (χ0) is 24.4. The van der Waals surface area contributed by atoms with Crippen LogP contribution in [0.5, 0.6) is 5.75 Å². The smallest absolute Gasteiger partial charge is 0.263 e. The fourth-order valence-corrected chi connectivity index (χ4v) is 4.51. The van der Waals surface area contributed by atoms with E-state index in [2.05, 4.69) is 25.9 Å². The van der Waals surface area contributed by atoms with Gasteiger partial charge in [-0.25, -0.2) is 9.97 Å². The maximum atomic E-state index is 13.0. The summed E-state index contributed by atoms with van der Waals surface area (Å²) in [6.45, 7) is 0.387. The standard InChI is InChI=1S/C25H24N6O4/c26-11-16-6-4-14-2-1-3-19(23(14)28-16)30-25(34)15-5-8-18(20(32)10-15)27-12-17-7-9-21-24(29-17)31-22(33)13-35-21/h1-4,6-7,9,15,18,20,27,32H,5,8,10,12-13H2,(H,30,34)(H,29,31,33)/t15-,18-,20+/m0/s1. The Hall–Kier alpha value is -4.07. The van der Waals surface area contributed by atoms with Crippen molar-refractivity contribution in [3.8, 4) is 11.8 Å². The third kappa shape index (κ3) is 4.91. The molecule has 0 unspecified atom stereocenters. The molecular formula is C25H24N6O4. The number of fused-ring (bicyclic) bond motifs is 2. The van der Waals surface area contributed by atoms with Gasteiger partial charge in [0.2, 0.25) is 5.91 Å². The van der Waals surface area contributed by atoms with Crippen molar-refractivity contribution >= 4 is 34.2 Å². The number of rotatable bonds is 5. The monoisotopic (exact) mass is 472 g/mol. The first-order valence-electron chi connectivity index (χ1n) is 11.4. The highest BCUT2D eigenvalue weighted by Crippen LogP contribution is 2.29. The minimum atomic E-state index is -0.698.